The molecule has 4 aromatic rings. The number of rotatable bonds is 2. The van der Waals surface area contributed by atoms with Gasteiger partial charge in [0, 0.05) is 78.6 Å². The lowest BCUT2D eigenvalue weighted by molar-refractivity contribution is -0.116. The van der Waals surface area contributed by atoms with Crippen LogP contribution in [0.5, 0.6) is 17.2 Å². The van der Waals surface area contributed by atoms with Crippen molar-refractivity contribution in [2.24, 2.45) is 0 Å². The first-order valence-corrected chi connectivity index (χ1v) is 15.1. The van der Waals surface area contributed by atoms with E-state index in [9.17, 15) is 20.1 Å². The minimum atomic E-state index is -0.627. The summed E-state index contributed by atoms with van der Waals surface area (Å²) in [5, 5.41) is 37.1. The van der Waals surface area contributed by atoms with Crippen molar-refractivity contribution >= 4 is 45.7 Å². The molecule has 0 spiro atoms. The summed E-state index contributed by atoms with van der Waals surface area (Å²) in [5.41, 5.74) is 17.3. The third-order valence-electron chi connectivity index (χ3n) is 10.1. The number of aromatic hydroxyl groups is 3. The van der Waals surface area contributed by atoms with E-state index in [1.54, 1.807) is 12.1 Å². The van der Waals surface area contributed by atoms with Crippen LogP contribution in [0.15, 0.2) is 48.5 Å². The quantitative estimate of drug-likeness (QED) is 0.168. The van der Waals surface area contributed by atoms with Crippen LogP contribution in [-0.2, 0) is 31.0 Å². The number of carbonyl (C=O) groups is 1. The minimum absolute atomic E-state index is 0.103. The molecule has 0 radical (unpaired) electrons. The maximum absolute atomic E-state index is 13.3. The second kappa shape index (κ2) is 8.81. The number of nitrogens with zero attached hydrogens (tertiary/aromatic N) is 5. The van der Waals surface area contributed by atoms with Crippen molar-refractivity contribution in [2.45, 2.75) is 32.1 Å². The molecule has 1 amide bonds. The van der Waals surface area contributed by atoms with E-state index in [0.717, 1.165) is 56.3 Å². The highest BCUT2D eigenvalue weighted by molar-refractivity contribution is 6.06. The average molecular weight is 604 g/mol. The molecule has 5 heterocycles. The molecule has 0 saturated carbocycles. The number of nitrogen functional groups attached to an aromatic ring is 1. The van der Waals surface area contributed by atoms with Crippen molar-refractivity contribution < 1.29 is 20.1 Å². The molecule has 5 aliphatic heterocycles. The Hall–Kier alpha value is -5.45. The van der Waals surface area contributed by atoms with E-state index in [1.807, 2.05) is 55.4 Å². The molecular weight excluding hydrogens is 570 g/mol. The fourth-order valence-corrected chi connectivity index (χ4v) is 8.19. The molecule has 9 rings (SSSR count). The first kappa shape index (κ1) is 26.0. The number of carbonyl (C=O) groups excluding carboxylic acids is 1. The Labute approximate surface area is 259 Å². The van der Waals surface area contributed by atoms with Crippen molar-refractivity contribution in [3.05, 3.63) is 81.9 Å². The van der Waals surface area contributed by atoms with Gasteiger partial charge in [0.1, 0.15) is 17.2 Å². The number of phenols is 3. The van der Waals surface area contributed by atoms with Crippen LogP contribution in [0.2, 0.25) is 0 Å². The maximum atomic E-state index is 13.3. The molecule has 4 bridgehead atoms. The number of para-hydroxylation sites is 1. The van der Waals surface area contributed by atoms with Crippen molar-refractivity contribution in [1.29, 1.82) is 0 Å². The number of hydrogen-bond acceptors (Lipinski definition) is 10. The molecule has 5 aliphatic rings. The fraction of sp³-hybridized carbons (Fsp3) is 0.265. The van der Waals surface area contributed by atoms with Gasteiger partial charge in [-0.25, -0.2) is 0 Å². The molecule has 11 heteroatoms. The predicted octanol–water partition coefficient (Wildman–Crippen LogP) is 4.13. The maximum Gasteiger partial charge on any atom is 0.236 e. The summed E-state index contributed by atoms with van der Waals surface area (Å²) in [6.07, 6.45) is 0. The summed E-state index contributed by atoms with van der Waals surface area (Å²) in [6, 6.07) is 14.8. The first-order valence-electron chi connectivity index (χ1n) is 15.1. The van der Waals surface area contributed by atoms with Gasteiger partial charge in [0.2, 0.25) is 5.91 Å². The topological polar surface area (TPSA) is 132 Å². The van der Waals surface area contributed by atoms with E-state index >= 15 is 0 Å². The molecule has 11 nitrogen and oxygen atoms in total. The highest BCUT2D eigenvalue weighted by Crippen LogP contribution is 2.56. The largest absolute Gasteiger partial charge is 0.508 e. The van der Waals surface area contributed by atoms with Crippen molar-refractivity contribution in [1.82, 2.24) is 0 Å². The summed E-state index contributed by atoms with van der Waals surface area (Å²) in [7, 11) is 3.96. The number of amides is 1. The molecule has 6 N–H and O–H groups in total. The van der Waals surface area contributed by atoms with Crippen LogP contribution in [0.1, 0.15) is 39.3 Å². The molecule has 4 aromatic carbocycles. The Morgan fingerprint density at radius 2 is 1.44 bits per heavy atom. The van der Waals surface area contributed by atoms with E-state index < -0.39 is 5.92 Å². The molecule has 0 aliphatic carbocycles. The predicted molar refractivity (Wildman–Crippen MR) is 174 cm³/mol. The lowest BCUT2D eigenvalue weighted by Gasteiger charge is -2.51. The molecule has 0 fully saturated rings. The van der Waals surface area contributed by atoms with Gasteiger partial charge in [-0.3, -0.25) is 4.79 Å². The average Bonchev–Trinajstić information content (AvgIpc) is 3.34. The number of phenolic OH excluding ortho intramolecular Hbond substituents is 3. The second-order valence-electron chi connectivity index (χ2n) is 12.9. The Morgan fingerprint density at radius 3 is 2.24 bits per heavy atom. The molecule has 1 atom stereocenters. The van der Waals surface area contributed by atoms with Gasteiger partial charge < -0.3 is 50.9 Å². The van der Waals surface area contributed by atoms with Crippen LogP contribution >= 0.6 is 0 Å². The van der Waals surface area contributed by atoms with Gasteiger partial charge in [-0.2, -0.15) is 0 Å². The van der Waals surface area contributed by atoms with Gasteiger partial charge in [0.25, 0.3) is 0 Å². The van der Waals surface area contributed by atoms with Gasteiger partial charge >= 0.3 is 0 Å². The fourth-order valence-electron chi connectivity index (χ4n) is 8.19. The lowest BCUT2D eigenvalue weighted by atomic mass is 9.87. The Balaban J connectivity index is 1.18. The molecule has 0 saturated heterocycles. The number of hydrogen-bond donors (Lipinski definition) is 5. The number of fused-ring (bicyclic) bond motifs is 14. The Kier molecular flexibility index (Phi) is 5.09. The van der Waals surface area contributed by atoms with Crippen LogP contribution in [0.4, 0.5) is 39.8 Å². The summed E-state index contributed by atoms with van der Waals surface area (Å²) >= 11 is 0. The first-order chi connectivity index (χ1) is 21.7. The Bertz CT molecular complexity index is 1990. The third-order valence-corrected chi connectivity index (χ3v) is 10.1. The van der Waals surface area contributed by atoms with E-state index in [1.165, 1.54) is 0 Å². The summed E-state index contributed by atoms with van der Waals surface area (Å²) < 4.78 is 0. The van der Waals surface area contributed by atoms with Crippen LogP contribution in [-0.4, -0.2) is 48.7 Å². The normalized spacial score (nSPS) is 18.5. The zero-order valence-electron chi connectivity index (χ0n) is 25.0. The highest BCUT2D eigenvalue weighted by atomic mass is 16.3. The molecule has 228 valence electrons. The second-order valence-corrected chi connectivity index (χ2v) is 12.9. The smallest absolute Gasteiger partial charge is 0.236 e. The van der Waals surface area contributed by atoms with E-state index in [4.69, 9.17) is 5.73 Å². The SMILES string of the molecule is CN(C)c1cc(C2C(=O)Nc3ccccc32)c(O)c2c1CN1CN2Cc2c(O)cc3c(c21)N1Cc2c(N)ccc(O)c2N(C3)C1. The lowest BCUT2D eigenvalue weighted by Crippen LogP contribution is -2.50. The number of benzene rings is 4. The molecule has 1 unspecified atom stereocenters. The molecular formula is C34H33N7O4. The van der Waals surface area contributed by atoms with Crippen molar-refractivity contribution in [3.63, 3.8) is 0 Å². The Morgan fingerprint density at radius 1 is 0.756 bits per heavy atom. The van der Waals surface area contributed by atoms with Crippen LogP contribution in [0.3, 0.4) is 0 Å². The standard InChI is InChI=1S/C34H33N7O4/c1-37(2)25-10-19(28-18-5-3-4-6-24(18)36-34(28)45)33(44)32-21(25)13-40-16-41(32)14-22-27(43)9-17-11-38-15-39(29(17)31(22)40)12-20-23(35)7-8-26(42)30(20)38/h3-10,28,42-44H,11-16,35H2,1-2H3,(H,36,45). The molecule has 45 heavy (non-hydrogen) atoms. The summed E-state index contributed by atoms with van der Waals surface area (Å²) in [6.45, 7) is 3.10. The van der Waals surface area contributed by atoms with E-state index in [-0.39, 0.29) is 23.2 Å². The highest BCUT2D eigenvalue weighted by Gasteiger charge is 2.43. The van der Waals surface area contributed by atoms with Crippen LogP contribution < -0.4 is 35.6 Å². The zero-order chi connectivity index (χ0) is 30.9. The summed E-state index contributed by atoms with van der Waals surface area (Å²) in [5.74, 6) is -0.271. The van der Waals surface area contributed by atoms with E-state index in [0.29, 0.717) is 56.5 Å². The van der Waals surface area contributed by atoms with Crippen molar-refractivity contribution in [2.75, 3.05) is 63.0 Å². The summed E-state index contributed by atoms with van der Waals surface area (Å²) in [4.78, 5) is 24.1. The minimum Gasteiger partial charge on any atom is -0.508 e. The van der Waals surface area contributed by atoms with Gasteiger partial charge in [0.15, 0.2) is 0 Å². The zero-order valence-corrected chi connectivity index (χ0v) is 25.0. The monoisotopic (exact) mass is 603 g/mol. The number of nitrogens with two attached hydrogens (primary N) is 1. The third kappa shape index (κ3) is 3.43. The van der Waals surface area contributed by atoms with Crippen molar-refractivity contribution in [3.8, 4) is 17.2 Å². The van der Waals surface area contributed by atoms with Crippen LogP contribution in [0.25, 0.3) is 0 Å². The van der Waals surface area contributed by atoms with Gasteiger partial charge in [-0.05, 0) is 35.9 Å². The van der Waals surface area contributed by atoms with Gasteiger partial charge in [0.05, 0.1) is 48.5 Å². The van der Waals surface area contributed by atoms with E-state index in [2.05, 4.69) is 24.9 Å². The number of anilines is 7. The van der Waals surface area contributed by atoms with Gasteiger partial charge in [-0.15, -0.1) is 0 Å². The van der Waals surface area contributed by atoms with Gasteiger partial charge in [-0.1, -0.05) is 18.2 Å². The van der Waals surface area contributed by atoms with Crippen LogP contribution in [0, 0.1) is 0 Å². The number of nitrogens with one attached hydrogen (secondary N) is 1. The molecule has 0 aromatic heterocycles.